The van der Waals surface area contributed by atoms with E-state index in [9.17, 15) is 0 Å². The second-order valence-electron chi connectivity index (χ2n) is 4.11. The fourth-order valence-corrected chi connectivity index (χ4v) is 2.06. The Bertz CT molecular complexity index is 575. The van der Waals surface area contributed by atoms with Gasteiger partial charge in [0.05, 0.1) is 31.0 Å². The van der Waals surface area contributed by atoms with E-state index < -0.39 is 0 Å². The lowest BCUT2D eigenvalue weighted by Gasteiger charge is -2.19. The normalized spacial score (nSPS) is 12.0. The minimum Gasteiger partial charge on any atom is -0.497 e. The van der Waals surface area contributed by atoms with Crippen molar-refractivity contribution in [2.75, 3.05) is 14.2 Å². The molecule has 0 radical (unpaired) electrons. The van der Waals surface area contributed by atoms with Gasteiger partial charge in [-0.25, -0.2) is 5.43 Å². The van der Waals surface area contributed by atoms with E-state index >= 15 is 0 Å². The predicted molar refractivity (Wildman–Crippen MR) is 78.0 cm³/mol. The van der Waals surface area contributed by atoms with Crippen molar-refractivity contribution in [3.05, 3.63) is 52.8 Å². The Labute approximate surface area is 122 Å². The third kappa shape index (κ3) is 3.01. The van der Waals surface area contributed by atoms with Gasteiger partial charge < -0.3 is 9.47 Å². The summed E-state index contributed by atoms with van der Waals surface area (Å²) in [5, 5.41) is 0.575. The number of methoxy groups -OCH3 is 2. The summed E-state index contributed by atoms with van der Waals surface area (Å²) >= 11 is 5.85. The summed E-state index contributed by atoms with van der Waals surface area (Å²) in [4.78, 5) is 4.28. The molecule has 0 bridgehead atoms. The van der Waals surface area contributed by atoms with Gasteiger partial charge in [-0.05, 0) is 24.3 Å². The van der Waals surface area contributed by atoms with Crippen molar-refractivity contribution in [1.82, 2.24) is 10.4 Å². The van der Waals surface area contributed by atoms with Gasteiger partial charge in [0.25, 0.3) is 0 Å². The largest absolute Gasteiger partial charge is 0.497 e. The SMILES string of the molecule is COc1ccc(C(NN)c2ccc(Cl)cn2)c(OC)c1. The zero-order valence-corrected chi connectivity index (χ0v) is 12.0. The Morgan fingerprint density at radius 3 is 2.55 bits per heavy atom. The molecule has 1 atom stereocenters. The zero-order valence-electron chi connectivity index (χ0n) is 11.3. The molecule has 0 aliphatic rings. The van der Waals surface area contributed by atoms with Crippen LogP contribution in [-0.2, 0) is 0 Å². The summed E-state index contributed by atoms with van der Waals surface area (Å²) in [6.45, 7) is 0. The van der Waals surface area contributed by atoms with E-state index in [-0.39, 0.29) is 6.04 Å². The standard InChI is InChI=1S/C14H16ClN3O2/c1-19-10-4-5-11(13(7-10)20-2)14(18-16)12-6-3-9(15)8-17-12/h3-8,14,18H,16H2,1-2H3. The highest BCUT2D eigenvalue weighted by Gasteiger charge is 2.18. The van der Waals surface area contributed by atoms with Crippen LogP contribution in [0.15, 0.2) is 36.5 Å². The zero-order chi connectivity index (χ0) is 14.5. The molecule has 0 spiro atoms. The average molecular weight is 294 g/mol. The number of pyridine rings is 1. The maximum absolute atomic E-state index is 5.85. The van der Waals surface area contributed by atoms with Crippen LogP contribution in [0.5, 0.6) is 11.5 Å². The third-order valence-electron chi connectivity index (χ3n) is 2.96. The van der Waals surface area contributed by atoms with E-state index in [1.165, 1.54) is 0 Å². The molecule has 3 N–H and O–H groups in total. The van der Waals surface area contributed by atoms with Gasteiger partial charge >= 0.3 is 0 Å². The number of hydrazine groups is 1. The molecule has 2 rings (SSSR count). The smallest absolute Gasteiger partial charge is 0.127 e. The van der Waals surface area contributed by atoms with Crippen molar-refractivity contribution >= 4 is 11.6 Å². The molecule has 0 saturated heterocycles. The Hall–Kier alpha value is -1.82. The maximum atomic E-state index is 5.85. The van der Waals surface area contributed by atoms with Crippen LogP contribution in [0.1, 0.15) is 17.3 Å². The van der Waals surface area contributed by atoms with Crippen LogP contribution in [-0.4, -0.2) is 19.2 Å². The minimum absolute atomic E-state index is 0.298. The van der Waals surface area contributed by atoms with E-state index in [4.69, 9.17) is 26.9 Å². The first-order chi connectivity index (χ1) is 9.69. The molecule has 20 heavy (non-hydrogen) atoms. The Kier molecular flexibility index (Phi) is 4.79. The quantitative estimate of drug-likeness (QED) is 0.654. The van der Waals surface area contributed by atoms with Gasteiger partial charge in [-0.3, -0.25) is 10.8 Å². The van der Waals surface area contributed by atoms with E-state index in [1.54, 1.807) is 32.5 Å². The van der Waals surface area contributed by atoms with Crippen LogP contribution in [0.4, 0.5) is 0 Å². The number of halogens is 1. The van der Waals surface area contributed by atoms with Gasteiger partial charge in [0.1, 0.15) is 11.5 Å². The molecular formula is C14H16ClN3O2. The molecule has 0 saturated carbocycles. The van der Waals surface area contributed by atoms with Gasteiger partial charge in [-0.15, -0.1) is 0 Å². The van der Waals surface area contributed by atoms with Gasteiger partial charge in [-0.1, -0.05) is 11.6 Å². The number of ether oxygens (including phenoxy) is 2. The Morgan fingerprint density at radius 2 is 2.00 bits per heavy atom. The van der Waals surface area contributed by atoms with Gasteiger partial charge in [0.15, 0.2) is 0 Å². The van der Waals surface area contributed by atoms with Crippen molar-refractivity contribution in [2.45, 2.75) is 6.04 Å². The number of hydrogen-bond donors (Lipinski definition) is 2. The van der Waals surface area contributed by atoms with Crippen molar-refractivity contribution in [3.63, 3.8) is 0 Å². The number of benzene rings is 1. The monoisotopic (exact) mass is 293 g/mol. The molecule has 0 fully saturated rings. The van der Waals surface area contributed by atoms with Gasteiger partial charge in [-0.2, -0.15) is 0 Å². The van der Waals surface area contributed by atoms with Crippen LogP contribution in [0, 0.1) is 0 Å². The fraction of sp³-hybridized carbons (Fsp3) is 0.214. The lowest BCUT2D eigenvalue weighted by molar-refractivity contribution is 0.387. The third-order valence-corrected chi connectivity index (χ3v) is 3.19. The average Bonchev–Trinajstić information content (AvgIpc) is 2.50. The molecule has 0 aliphatic heterocycles. The van der Waals surface area contributed by atoms with E-state index in [2.05, 4.69) is 10.4 Å². The van der Waals surface area contributed by atoms with E-state index in [1.807, 2.05) is 18.2 Å². The summed E-state index contributed by atoms with van der Waals surface area (Å²) in [5.74, 6) is 7.04. The molecule has 1 unspecified atom stereocenters. The molecule has 2 aromatic rings. The van der Waals surface area contributed by atoms with E-state index in [0.29, 0.717) is 16.5 Å². The summed E-state index contributed by atoms with van der Waals surface area (Å²) in [6.07, 6.45) is 1.58. The van der Waals surface area contributed by atoms with Gasteiger partial charge in [0.2, 0.25) is 0 Å². The second-order valence-corrected chi connectivity index (χ2v) is 4.55. The van der Waals surface area contributed by atoms with Crippen molar-refractivity contribution in [1.29, 1.82) is 0 Å². The Balaban J connectivity index is 2.43. The number of nitrogens with one attached hydrogen (secondary N) is 1. The predicted octanol–water partition coefficient (Wildman–Crippen LogP) is 2.30. The van der Waals surface area contributed by atoms with E-state index in [0.717, 1.165) is 11.3 Å². The van der Waals surface area contributed by atoms with Crippen LogP contribution in [0.2, 0.25) is 5.02 Å². The first kappa shape index (κ1) is 14.6. The van der Waals surface area contributed by atoms with Crippen LogP contribution < -0.4 is 20.7 Å². The number of nitrogens with two attached hydrogens (primary N) is 1. The summed E-state index contributed by atoms with van der Waals surface area (Å²) in [5.41, 5.74) is 4.36. The topological polar surface area (TPSA) is 69.4 Å². The first-order valence-electron chi connectivity index (χ1n) is 5.99. The highest BCUT2D eigenvalue weighted by molar-refractivity contribution is 6.30. The fourth-order valence-electron chi connectivity index (χ4n) is 1.95. The summed E-state index contributed by atoms with van der Waals surface area (Å²) < 4.78 is 10.6. The second kappa shape index (κ2) is 6.56. The Morgan fingerprint density at radius 1 is 1.20 bits per heavy atom. The minimum atomic E-state index is -0.298. The lowest BCUT2D eigenvalue weighted by Crippen LogP contribution is -2.29. The lowest BCUT2D eigenvalue weighted by atomic mass is 10.0. The highest BCUT2D eigenvalue weighted by Crippen LogP contribution is 2.32. The first-order valence-corrected chi connectivity index (χ1v) is 6.37. The molecular weight excluding hydrogens is 278 g/mol. The summed E-state index contributed by atoms with van der Waals surface area (Å²) in [7, 11) is 3.20. The van der Waals surface area contributed by atoms with Crippen LogP contribution in [0.25, 0.3) is 0 Å². The van der Waals surface area contributed by atoms with Crippen molar-refractivity contribution in [3.8, 4) is 11.5 Å². The van der Waals surface area contributed by atoms with Crippen LogP contribution in [0.3, 0.4) is 0 Å². The number of aromatic nitrogens is 1. The molecule has 0 aliphatic carbocycles. The number of nitrogens with zero attached hydrogens (tertiary/aromatic N) is 1. The maximum Gasteiger partial charge on any atom is 0.127 e. The summed E-state index contributed by atoms with van der Waals surface area (Å²) in [6, 6.07) is 8.82. The molecule has 5 nitrogen and oxygen atoms in total. The molecule has 0 amide bonds. The molecule has 1 heterocycles. The van der Waals surface area contributed by atoms with Gasteiger partial charge in [0, 0.05) is 17.8 Å². The highest BCUT2D eigenvalue weighted by atomic mass is 35.5. The number of hydrogen-bond acceptors (Lipinski definition) is 5. The molecule has 106 valence electrons. The number of rotatable bonds is 5. The van der Waals surface area contributed by atoms with Crippen molar-refractivity contribution in [2.24, 2.45) is 5.84 Å². The molecule has 6 heteroatoms. The van der Waals surface area contributed by atoms with Crippen LogP contribution >= 0.6 is 11.6 Å². The molecule has 1 aromatic carbocycles. The van der Waals surface area contributed by atoms with Crippen molar-refractivity contribution < 1.29 is 9.47 Å². The molecule has 1 aromatic heterocycles.